The highest BCUT2D eigenvalue weighted by Crippen LogP contribution is 2.45. The molecule has 2 N–H and O–H groups in total. The largest absolute Gasteiger partial charge is 0.507 e. The second-order valence-corrected chi connectivity index (χ2v) is 8.79. The van der Waals surface area contributed by atoms with Gasteiger partial charge in [-0.3, -0.25) is 14.5 Å². The number of ether oxygens (including phenoxy) is 2. The number of halogens is 3. The number of ketones is 1. The number of Topliss-reactive ketones (excluding diaryl/α,β-unsaturated/α-hetero) is 1. The zero-order valence-electron chi connectivity index (χ0n) is 18.4. The van der Waals surface area contributed by atoms with Crippen molar-refractivity contribution in [3.05, 3.63) is 86.4 Å². The fourth-order valence-corrected chi connectivity index (χ4v) is 4.45. The summed E-state index contributed by atoms with van der Waals surface area (Å²) < 4.78 is 10.6. The summed E-state index contributed by atoms with van der Waals surface area (Å²) in [4.78, 5) is 27.8. The predicted octanol–water partition coefficient (Wildman–Crippen LogP) is 6.00. The van der Waals surface area contributed by atoms with Gasteiger partial charge in [-0.1, -0.05) is 40.9 Å². The molecule has 1 unspecified atom stereocenters. The molecule has 1 heterocycles. The van der Waals surface area contributed by atoms with Crippen LogP contribution in [0.15, 0.2) is 60.2 Å². The van der Waals surface area contributed by atoms with E-state index in [1.165, 1.54) is 49.5 Å². The number of phenols is 1. The number of aliphatic hydroxyl groups is 1. The van der Waals surface area contributed by atoms with Gasteiger partial charge >= 0.3 is 0 Å². The van der Waals surface area contributed by atoms with Gasteiger partial charge < -0.3 is 19.7 Å². The molecule has 1 amide bonds. The van der Waals surface area contributed by atoms with Crippen molar-refractivity contribution in [2.75, 3.05) is 19.1 Å². The second-order valence-electron chi connectivity index (χ2n) is 7.54. The maximum atomic E-state index is 13.3. The summed E-state index contributed by atoms with van der Waals surface area (Å²) in [6, 6.07) is 12.3. The maximum Gasteiger partial charge on any atom is 0.300 e. The number of aliphatic hydroxyl groups excluding tert-OH is 1. The molecule has 1 aliphatic heterocycles. The van der Waals surface area contributed by atoms with Gasteiger partial charge in [-0.05, 0) is 48.0 Å². The third-order valence-electron chi connectivity index (χ3n) is 5.57. The lowest BCUT2D eigenvalue weighted by molar-refractivity contribution is -0.132. The number of methoxy groups -OCH3 is 2. The molecule has 3 aromatic carbocycles. The van der Waals surface area contributed by atoms with Gasteiger partial charge in [0.2, 0.25) is 0 Å². The van der Waals surface area contributed by atoms with Gasteiger partial charge in [0.15, 0.2) is 0 Å². The summed E-state index contributed by atoms with van der Waals surface area (Å²) in [6.07, 6.45) is 0. The lowest BCUT2D eigenvalue weighted by atomic mass is 9.94. The quantitative estimate of drug-likeness (QED) is 0.237. The van der Waals surface area contributed by atoms with Gasteiger partial charge in [-0.25, -0.2) is 0 Å². The molecule has 0 radical (unpaired) electrons. The fraction of sp³-hybridized carbons (Fsp3) is 0.120. The molecule has 0 aliphatic carbocycles. The van der Waals surface area contributed by atoms with Crippen molar-refractivity contribution in [2.24, 2.45) is 0 Å². The number of amides is 1. The summed E-state index contributed by atoms with van der Waals surface area (Å²) in [7, 11) is 2.77. The van der Waals surface area contributed by atoms with E-state index in [9.17, 15) is 19.8 Å². The number of hydrogen-bond donors (Lipinski definition) is 2. The van der Waals surface area contributed by atoms with E-state index in [0.717, 1.165) is 0 Å². The molecular formula is C25H18Cl3NO6. The molecule has 0 spiro atoms. The minimum absolute atomic E-state index is 0.00920. The molecule has 1 fully saturated rings. The Bertz CT molecular complexity index is 1370. The van der Waals surface area contributed by atoms with Crippen molar-refractivity contribution in [1.29, 1.82) is 0 Å². The van der Waals surface area contributed by atoms with Crippen molar-refractivity contribution in [2.45, 2.75) is 6.04 Å². The molecule has 35 heavy (non-hydrogen) atoms. The van der Waals surface area contributed by atoms with Gasteiger partial charge in [-0.15, -0.1) is 0 Å². The Balaban J connectivity index is 2.01. The van der Waals surface area contributed by atoms with Crippen LogP contribution in [0.2, 0.25) is 15.1 Å². The monoisotopic (exact) mass is 533 g/mol. The number of hydrogen-bond acceptors (Lipinski definition) is 6. The fourth-order valence-electron chi connectivity index (χ4n) is 3.90. The maximum absolute atomic E-state index is 13.3. The minimum atomic E-state index is -1.08. The average molecular weight is 535 g/mol. The van der Waals surface area contributed by atoms with E-state index < -0.39 is 23.5 Å². The van der Waals surface area contributed by atoms with E-state index in [2.05, 4.69) is 0 Å². The van der Waals surface area contributed by atoms with Crippen LogP contribution in [-0.4, -0.2) is 36.1 Å². The van der Waals surface area contributed by atoms with E-state index in [1.54, 1.807) is 24.3 Å². The normalized spacial score (nSPS) is 17.1. The third-order valence-corrected chi connectivity index (χ3v) is 6.42. The first-order valence-corrected chi connectivity index (χ1v) is 11.3. The molecule has 1 aliphatic rings. The first kappa shape index (κ1) is 24.7. The Morgan fingerprint density at radius 3 is 2.14 bits per heavy atom. The molecule has 0 bridgehead atoms. The topological polar surface area (TPSA) is 96.3 Å². The highest BCUT2D eigenvalue weighted by atomic mass is 35.5. The molecule has 0 saturated carbocycles. The summed E-state index contributed by atoms with van der Waals surface area (Å²) in [6.45, 7) is 0. The van der Waals surface area contributed by atoms with Crippen LogP contribution in [-0.2, 0) is 9.59 Å². The van der Waals surface area contributed by atoms with Crippen LogP contribution in [0.4, 0.5) is 5.69 Å². The van der Waals surface area contributed by atoms with E-state index in [0.29, 0.717) is 16.3 Å². The molecule has 1 atom stereocenters. The summed E-state index contributed by atoms with van der Waals surface area (Å²) >= 11 is 18.3. The van der Waals surface area contributed by atoms with E-state index in [1.807, 2.05) is 0 Å². The number of phenolic OH excluding ortho intramolecular Hbond substituents is 1. The van der Waals surface area contributed by atoms with Crippen LogP contribution in [0.3, 0.4) is 0 Å². The van der Waals surface area contributed by atoms with Crippen molar-refractivity contribution < 1.29 is 29.3 Å². The number of rotatable bonds is 5. The second kappa shape index (κ2) is 9.70. The van der Waals surface area contributed by atoms with Gasteiger partial charge in [0, 0.05) is 16.8 Å². The van der Waals surface area contributed by atoms with Crippen LogP contribution in [0.1, 0.15) is 17.2 Å². The number of benzene rings is 3. The summed E-state index contributed by atoms with van der Waals surface area (Å²) in [5.74, 6) is -2.09. The van der Waals surface area contributed by atoms with Crippen LogP contribution in [0, 0.1) is 0 Å². The molecule has 180 valence electrons. The summed E-state index contributed by atoms with van der Waals surface area (Å²) in [5, 5.41) is 22.0. The average Bonchev–Trinajstić information content (AvgIpc) is 3.11. The third kappa shape index (κ3) is 4.38. The number of anilines is 1. The zero-order chi connectivity index (χ0) is 25.4. The molecule has 10 heteroatoms. The van der Waals surface area contributed by atoms with Gasteiger partial charge in [0.25, 0.3) is 11.7 Å². The van der Waals surface area contributed by atoms with Gasteiger partial charge in [0.1, 0.15) is 23.0 Å². The van der Waals surface area contributed by atoms with Crippen molar-refractivity contribution in [3.8, 4) is 17.2 Å². The van der Waals surface area contributed by atoms with Gasteiger partial charge in [-0.2, -0.15) is 0 Å². The van der Waals surface area contributed by atoms with E-state index in [4.69, 9.17) is 44.3 Å². The Labute approximate surface area is 215 Å². The van der Waals surface area contributed by atoms with Gasteiger partial charge in [0.05, 0.1) is 41.4 Å². The van der Waals surface area contributed by atoms with Crippen LogP contribution in [0.5, 0.6) is 17.2 Å². The lowest BCUT2D eigenvalue weighted by Crippen LogP contribution is -2.29. The predicted molar refractivity (Wildman–Crippen MR) is 134 cm³/mol. The molecular weight excluding hydrogens is 517 g/mol. The van der Waals surface area contributed by atoms with Crippen molar-refractivity contribution in [1.82, 2.24) is 0 Å². The van der Waals surface area contributed by atoms with E-state index in [-0.39, 0.29) is 38.4 Å². The number of aromatic hydroxyl groups is 1. The molecule has 7 nitrogen and oxygen atoms in total. The Kier molecular flexibility index (Phi) is 6.85. The minimum Gasteiger partial charge on any atom is -0.507 e. The van der Waals surface area contributed by atoms with Crippen LogP contribution in [0.25, 0.3) is 5.76 Å². The Hall–Kier alpha value is -3.39. The zero-order valence-corrected chi connectivity index (χ0v) is 20.6. The first-order valence-electron chi connectivity index (χ1n) is 10.1. The van der Waals surface area contributed by atoms with Crippen molar-refractivity contribution in [3.63, 3.8) is 0 Å². The molecule has 0 aromatic heterocycles. The van der Waals surface area contributed by atoms with Crippen LogP contribution < -0.4 is 14.4 Å². The standard InChI is InChI=1S/C25H18Cl3NO6/c1-34-19-11-17(28)20(35-2)10-15(19)23(31)21-22(12-3-8-18(30)16(27)9-12)29(25(33)24(21)32)14-6-4-13(26)5-7-14/h3-11,22,30-31H,1-2H3/b23-21+. The Morgan fingerprint density at radius 2 is 1.54 bits per heavy atom. The van der Waals surface area contributed by atoms with Crippen LogP contribution >= 0.6 is 34.8 Å². The van der Waals surface area contributed by atoms with E-state index >= 15 is 0 Å². The SMILES string of the molecule is COc1cc(/C(O)=C2\C(=O)C(=O)N(c3ccc(Cl)cc3)C2c2ccc(O)c(Cl)c2)c(OC)cc1Cl. The number of nitrogens with zero attached hydrogens (tertiary/aromatic N) is 1. The molecule has 3 aromatic rings. The summed E-state index contributed by atoms with van der Waals surface area (Å²) in [5.41, 5.74) is 0.626. The highest BCUT2D eigenvalue weighted by molar-refractivity contribution is 6.52. The number of carbonyl (C=O) groups is 2. The van der Waals surface area contributed by atoms with Crippen molar-refractivity contribution >= 4 is 57.9 Å². The Morgan fingerprint density at radius 1 is 0.886 bits per heavy atom. The first-order chi connectivity index (χ1) is 16.7. The molecule has 4 rings (SSSR count). The number of carbonyl (C=O) groups excluding carboxylic acids is 2. The highest BCUT2D eigenvalue weighted by Gasteiger charge is 2.47. The lowest BCUT2D eigenvalue weighted by Gasteiger charge is -2.26. The smallest absolute Gasteiger partial charge is 0.300 e. The molecule has 1 saturated heterocycles.